The fraction of sp³-hybridized carbons (Fsp3) is 0.0833. The van der Waals surface area contributed by atoms with Crippen LogP contribution in [0.2, 0.25) is 0 Å². The summed E-state index contributed by atoms with van der Waals surface area (Å²) in [6.07, 6.45) is 1.11. The minimum absolute atomic E-state index is 0.340. The van der Waals surface area contributed by atoms with Crippen molar-refractivity contribution < 1.29 is 23.5 Å². The molecule has 0 fully saturated rings. The average molecular weight is 388 g/mol. The standard InChI is InChI=1S/C24H20O5/c1-5-23(25)27-18-8-6-17(7-9-18)21-12-13-22(29-21)20-11-10-19(14-16(20)4)28-24(26)15(2)3/h5-14H,1-2H2,3-4H3. The average Bonchev–Trinajstić information content (AvgIpc) is 3.18. The molecule has 0 aliphatic carbocycles. The molecule has 0 saturated heterocycles. The van der Waals surface area contributed by atoms with Crippen molar-refractivity contribution in [2.45, 2.75) is 13.8 Å². The normalized spacial score (nSPS) is 10.3. The second-order valence-electron chi connectivity index (χ2n) is 6.46. The summed E-state index contributed by atoms with van der Waals surface area (Å²) in [6.45, 7) is 10.5. The summed E-state index contributed by atoms with van der Waals surface area (Å²) in [5.41, 5.74) is 2.99. The van der Waals surface area contributed by atoms with Gasteiger partial charge < -0.3 is 13.9 Å². The zero-order valence-electron chi connectivity index (χ0n) is 16.2. The van der Waals surface area contributed by atoms with Crippen LogP contribution in [0.5, 0.6) is 11.5 Å². The molecule has 0 aliphatic heterocycles. The van der Waals surface area contributed by atoms with E-state index in [2.05, 4.69) is 13.2 Å². The van der Waals surface area contributed by atoms with E-state index in [9.17, 15) is 9.59 Å². The Balaban J connectivity index is 1.79. The number of carbonyl (C=O) groups is 2. The summed E-state index contributed by atoms with van der Waals surface area (Å²) in [5, 5.41) is 0. The number of hydrogen-bond donors (Lipinski definition) is 0. The Morgan fingerprint density at radius 2 is 1.59 bits per heavy atom. The van der Waals surface area contributed by atoms with Gasteiger partial charge in [-0.25, -0.2) is 9.59 Å². The van der Waals surface area contributed by atoms with Gasteiger partial charge in [-0.05, 0) is 74.0 Å². The van der Waals surface area contributed by atoms with E-state index in [0.29, 0.717) is 28.6 Å². The number of benzene rings is 2. The van der Waals surface area contributed by atoms with Crippen LogP contribution in [0.15, 0.2) is 83.8 Å². The molecule has 0 spiro atoms. The molecule has 29 heavy (non-hydrogen) atoms. The number of furan rings is 1. The summed E-state index contributed by atoms with van der Waals surface area (Å²) in [4.78, 5) is 22.9. The van der Waals surface area contributed by atoms with Crippen LogP contribution in [0, 0.1) is 6.92 Å². The Labute approximate surface area is 168 Å². The van der Waals surface area contributed by atoms with E-state index in [4.69, 9.17) is 13.9 Å². The largest absolute Gasteiger partial charge is 0.456 e. The highest BCUT2D eigenvalue weighted by molar-refractivity contribution is 5.89. The number of rotatable bonds is 6. The Kier molecular flexibility index (Phi) is 5.79. The molecule has 0 N–H and O–H groups in total. The molecule has 0 radical (unpaired) electrons. The van der Waals surface area contributed by atoms with Crippen molar-refractivity contribution >= 4 is 11.9 Å². The van der Waals surface area contributed by atoms with Crippen LogP contribution in [0.25, 0.3) is 22.6 Å². The third-order valence-corrected chi connectivity index (χ3v) is 4.15. The van der Waals surface area contributed by atoms with Gasteiger partial charge >= 0.3 is 11.9 Å². The van der Waals surface area contributed by atoms with Crippen molar-refractivity contribution in [2.75, 3.05) is 0 Å². The van der Waals surface area contributed by atoms with Crippen molar-refractivity contribution in [1.29, 1.82) is 0 Å². The molecule has 5 nitrogen and oxygen atoms in total. The summed E-state index contributed by atoms with van der Waals surface area (Å²) in [7, 11) is 0. The predicted octanol–water partition coefficient (Wildman–Crippen LogP) is 5.49. The van der Waals surface area contributed by atoms with Gasteiger partial charge in [0.2, 0.25) is 0 Å². The second kappa shape index (κ2) is 8.44. The Hall–Kier alpha value is -3.86. The highest BCUT2D eigenvalue weighted by Crippen LogP contribution is 2.32. The molecule has 5 heteroatoms. The zero-order valence-corrected chi connectivity index (χ0v) is 16.2. The molecular weight excluding hydrogens is 368 g/mol. The molecule has 1 aromatic heterocycles. The first-order valence-electron chi connectivity index (χ1n) is 8.90. The third kappa shape index (κ3) is 4.71. The van der Waals surface area contributed by atoms with Gasteiger partial charge in [-0.15, -0.1) is 0 Å². The predicted molar refractivity (Wildman–Crippen MR) is 111 cm³/mol. The molecule has 0 unspecified atom stereocenters. The van der Waals surface area contributed by atoms with Crippen LogP contribution in [-0.4, -0.2) is 11.9 Å². The van der Waals surface area contributed by atoms with E-state index < -0.39 is 11.9 Å². The zero-order chi connectivity index (χ0) is 21.0. The Morgan fingerprint density at radius 3 is 2.21 bits per heavy atom. The van der Waals surface area contributed by atoms with E-state index >= 15 is 0 Å². The Bertz CT molecular complexity index is 1090. The lowest BCUT2D eigenvalue weighted by molar-refractivity contribution is -0.130. The molecule has 1 heterocycles. The van der Waals surface area contributed by atoms with Crippen molar-refractivity contribution in [2.24, 2.45) is 0 Å². The van der Waals surface area contributed by atoms with Gasteiger partial charge in [0.15, 0.2) is 0 Å². The summed E-state index contributed by atoms with van der Waals surface area (Å²) >= 11 is 0. The molecular formula is C24H20O5. The van der Waals surface area contributed by atoms with Gasteiger partial charge in [0.25, 0.3) is 0 Å². The number of hydrogen-bond acceptors (Lipinski definition) is 5. The van der Waals surface area contributed by atoms with Crippen LogP contribution in [-0.2, 0) is 9.59 Å². The quantitative estimate of drug-likeness (QED) is 0.317. The summed E-state index contributed by atoms with van der Waals surface area (Å²) in [6, 6.07) is 16.1. The first-order chi connectivity index (χ1) is 13.9. The van der Waals surface area contributed by atoms with Crippen LogP contribution < -0.4 is 9.47 Å². The van der Waals surface area contributed by atoms with Gasteiger partial charge in [-0.3, -0.25) is 0 Å². The van der Waals surface area contributed by atoms with Crippen molar-refractivity contribution in [3.8, 4) is 34.1 Å². The lowest BCUT2D eigenvalue weighted by Gasteiger charge is -2.08. The maximum absolute atomic E-state index is 11.7. The number of carbonyl (C=O) groups excluding carboxylic acids is 2. The summed E-state index contributed by atoms with van der Waals surface area (Å²) in [5.74, 6) is 1.29. The first-order valence-corrected chi connectivity index (χ1v) is 8.90. The number of ether oxygens (including phenoxy) is 2. The maximum Gasteiger partial charge on any atom is 0.338 e. The molecule has 0 saturated carbocycles. The lowest BCUT2D eigenvalue weighted by Crippen LogP contribution is -2.08. The molecule has 0 atom stereocenters. The lowest BCUT2D eigenvalue weighted by atomic mass is 10.1. The smallest absolute Gasteiger partial charge is 0.338 e. The fourth-order valence-corrected chi connectivity index (χ4v) is 2.65. The van der Waals surface area contributed by atoms with Gasteiger partial charge in [0.1, 0.15) is 23.0 Å². The minimum atomic E-state index is -0.508. The van der Waals surface area contributed by atoms with Crippen molar-refractivity contribution in [1.82, 2.24) is 0 Å². The van der Waals surface area contributed by atoms with E-state index in [-0.39, 0.29) is 0 Å². The SMILES string of the molecule is C=CC(=O)Oc1ccc(-c2ccc(-c3ccc(OC(=O)C(=C)C)cc3C)o2)cc1. The molecule has 3 aromatic rings. The van der Waals surface area contributed by atoms with Gasteiger partial charge in [0, 0.05) is 22.8 Å². The topological polar surface area (TPSA) is 65.7 Å². The second-order valence-corrected chi connectivity index (χ2v) is 6.46. The highest BCUT2D eigenvalue weighted by Gasteiger charge is 2.12. The molecule has 0 bridgehead atoms. The minimum Gasteiger partial charge on any atom is -0.456 e. The molecule has 146 valence electrons. The first kappa shape index (κ1) is 19.9. The molecule has 0 aliphatic rings. The van der Waals surface area contributed by atoms with Crippen LogP contribution >= 0.6 is 0 Å². The van der Waals surface area contributed by atoms with Crippen LogP contribution in [0.1, 0.15) is 12.5 Å². The van der Waals surface area contributed by atoms with Gasteiger partial charge in [-0.1, -0.05) is 13.2 Å². The van der Waals surface area contributed by atoms with Crippen molar-refractivity contribution in [3.63, 3.8) is 0 Å². The van der Waals surface area contributed by atoms with Crippen LogP contribution in [0.4, 0.5) is 0 Å². The highest BCUT2D eigenvalue weighted by atomic mass is 16.5. The van der Waals surface area contributed by atoms with Gasteiger partial charge in [0.05, 0.1) is 0 Å². The van der Waals surface area contributed by atoms with E-state index in [0.717, 1.165) is 22.8 Å². The number of esters is 2. The fourth-order valence-electron chi connectivity index (χ4n) is 2.65. The molecule has 3 rings (SSSR count). The summed E-state index contributed by atoms with van der Waals surface area (Å²) < 4.78 is 16.3. The van der Waals surface area contributed by atoms with E-state index in [1.165, 1.54) is 0 Å². The van der Waals surface area contributed by atoms with E-state index in [1.54, 1.807) is 43.3 Å². The molecule has 2 aromatic carbocycles. The Morgan fingerprint density at radius 1 is 0.931 bits per heavy atom. The molecule has 0 amide bonds. The maximum atomic E-state index is 11.7. The monoisotopic (exact) mass is 388 g/mol. The van der Waals surface area contributed by atoms with E-state index in [1.807, 2.05) is 25.1 Å². The van der Waals surface area contributed by atoms with Crippen LogP contribution in [0.3, 0.4) is 0 Å². The number of aryl methyl sites for hydroxylation is 1. The van der Waals surface area contributed by atoms with Gasteiger partial charge in [-0.2, -0.15) is 0 Å². The van der Waals surface area contributed by atoms with Crippen molar-refractivity contribution in [3.05, 3.63) is 85.0 Å². The third-order valence-electron chi connectivity index (χ3n) is 4.15.